The van der Waals surface area contributed by atoms with E-state index in [4.69, 9.17) is 0 Å². The average molecular weight is 355 g/mol. The highest BCUT2D eigenvalue weighted by Crippen LogP contribution is 2.28. The van der Waals surface area contributed by atoms with Crippen LogP contribution >= 0.6 is 0 Å². The number of nitrogens with one attached hydrogen (secondary N) is 2. The zero-order valence-corrected chi connectivity index (χ0v) is 14.9. The fourth-order valence-corrected chi connectivity index (χ4v) is 3.24. The van der Waals surface area contributed by atoms with E-state index >= 15 is 0 Å². The van der Waals surface area contributed by atoms with E-state index < -0.39 is 0 Å². The normalized spacial score (nSPS) is 16.4. The molecule has 0 aromatic heterocycles. The molecule has 136 valence electrons. The van der Waals surface area contributed by atoms with Crippen molar-refractivity contribution in [2.45, 2.75) is 19.3 Å². The summed E-state index contributed by atoms with van der Waals surface area (Å²) < 4.78 is 13.1. The third-order valence-electron chi connectivity index (χ3n) is 4.77. The molecule has 0 saturated carbocycles. The Labute approximate surface area is 152 Å². The molecule has 0 aliphatic carbocycles. The van der Waals surface area contributed by atoms with Gasteiger partial charge in [-0.15, -0.1) is 0 Å². The number of carbonyl (C=O) groups is 2. The SMILES string of the molecule is CNC(=O)c1ccc(NC(=O)N2CCC(c3ccc(F)cc3)C2)c(C)c1. The van der Waals surface area contributed by atoms with Crippen LogP contribution < -0.4 is 10.6 Å². The first-order chi connectivity index (χ1) is 12.5. The van der Waals surface area contributed by atoms with E-state index in [9.17, 15) is 14.0 Å². The number of urea groups is 1. The van der Waals surface area contributed by atoms with Gasteiger partial charge in [0.15, 0.2) is 0 Å². The van der Waals surface area contributed by atoms with Gasteiger partial charge >= 0.3 is 6.03 Å². The second-order valence-corrected chi connectivity index (χ2v) is 6.52. The Bertz CT molecular complexity index is 820. The zero-order valence-electron chi connectivity index (χ0n) is 14.9. The second kappa shape index (κ2) is 7.56. The van der Waals surface area contributed by atoms with Gasteiger partial charge < -0.3 is 15.5 Å². The van der Waals surface area contributed by atoms with Crippen LogP contribution in [0, 0.1) is 12.7 Å². The number of hydrogen-bond acceptors (Lipinski definition) is 2. The molecule has 0 radical (unpaired) electrons. The monoisotopic (exact) mass is 355 g/mol. The Morgan fingerprint density at radius 1 is 1.15 bits per heavy atom. The highest BCUT2D eigenvalue weighted by atomic mass is 19.1. The van der Waals surface area contributed by atoms with Crippen molar-refractivity contribution in [2.75, 3.05) is 25.5 Å². The van der Waals surface area contributed by atoms with E-state index in [1.165, 1.54) is 12.1 Å². The summed E-state index contributed by atoms with van der Waals surface area (Å²) >= 11 is 0. The quantitative estimate of drug-likeness (QED) is 0.885. The van der Waals surface area contributed by atoms with Crippen LogP contribution in [0.15, 0.2) is 42.5 Å². The fourth-order valence-electron chi connectivity index (χ4n) is 3.24. The standard InChI is InChI=1S/C20H22FN3O2/c1-13-11-15(19(25)22-2)5-8-18(13)23-20(26)24-10-9-16(12-24)14-3-6-17(21)7-4-14/h3-8,11,16H,9-10,12H2,1-2H3,(H,22,25)(H,23,26). The van der Waals surface area contributed by atoms with Crippen molar-refractivity contribution in [3.63, 3.8) is 0 Å². The molecule has 3 rings (SSSR count). The lowest BCUT2D eigenvalue weighted by Gasteiger charge is -2.19. The number of rotatable bonds is 3. The molecule has 0 bridgehead atoms. The summed E-state index contributed by atoms with van der Waals surface area (Å²) in [6.45, 7) is 3.11. The Morgan fingerprint density at radius 3 is 2.54 bits per heavy atom. The van der Waals surface area contributed by atoms with Crippen LogP contribution in [0.1, 0.15) is 33.8 Å². The highest BCUT2D eigenvalue weighted by molar-refractivity contribution is 5.96. The largest absolute Gasteiger partial charge is 0.355 e. The second-order valence-electron chi connectivity index (χ2n) is 6.52. The predicted octanol–water partition coefficient (Wildman–Crippen LogP) is 3.52. The lowest BCUT2D eigenvalue weighted by atomic mass is 9.99. The first-order valence-electron chi connectivity index (χ1n) is 8.62. The first-order valence-corrected chi connectivity index (χ1v) is 8.62. The molecule has 1 heterocycles. The average Bonchev–Trinajstić information content (AvgIpc) is 3.13. The van der Waals surface area contributed by atoms with E-state index in [0.717, 1.165) is 17.5 Å². The Morgan fingerprint density at radius 2 is 1.88 bits per heavy atom. The van der Waals surface area contributed by atoms with Gasteiger partial charge in [0, 0.05) is 37.3 Å². The van der Waals surface area contributed by atoms with Crippen molar-refractivity contribution in [3.8, 4) is 0 Å². The van der Waals surface area contributed by atoms with Crippen molar-refractivity contribution < 1.29 is 14.0 Å². The zero-order chi connectivity index (χ0) is 18.7. The summed E-state index contributed by atoms with van der Waals surface area (Å²) in [6, 6.07) is 11.5. The molecule has 1 aliphatic heterocycles. The van der Waals surface area contributed by atoms with Crippen LogP contribution in [-0.4, -0.2) is 37.0 Å². The molecule has 3 amide bonds. The molecule has 5 nitrogen and oxygen atoms in total. The van der Waals surface area contributed by atoms with Crippen LogP contribution in [-0.2, 0) is 0 Å². The van der Waals surface area contributed by atoms with Crippen molar-refractivity contribution in [3.05, 3.63) is 65.0 Å². The minimum atomic E-state index is -0.253. The van der Waals surface area contributed by atoms with Gasteiger partial charge in [0.1, 0.15) is 5.82 Å². The number of benzene rings is 2. The number of likely N-dealkylation sites (tertiary alicyclic amines) is 1. The molecule has 1 atom stereocenters. The third-order valence-corrected chi connectivity index (χ3v) is 4.77. The number of nitrogens with zero attached hydrogens (tertiary/aromatic N) is 1. The molecule has 2 N–H and O–H groups in total. The smallest absolute Gasteiger partial charge is 0.321 e. The Balaban J connectivity index is 1.64. The van der Waals surface area contributed by atoms with Crippen LogP contribution in [0.25, 0.3) is 0 Å². The van der Waals surface area contributed by atoms with Gasteiger partial charge in [-0.05, 0) is 54.8 Å². The number of aryl methyl sites for hydroxylation is 1. The first kappa shape index (κ1) is 17.9. The van der Waals surface area contributed by atoms with Gasteiger partial charge in [-0.3, -0.25) is 4.79 Å². The molecule has 0 spiro atoms. The van der Waals surface area contributed by atoms with Crippen molar-refractivity contribution in [2.24, 2.45) is 0 Å². The van der Waals surface area contributed by atoms with Crippen LogP contribution in [0.4, 0.5) is 14.9 Å². The minimum absolute atomic E-state index is 0.160. The van der Waals surface area contributed by atoms with Gasteiger partial charge in [-0.2, -0.15) is 0 Å². The van der Waals surface area contributed by atoms with Gasteiger partial charge in [0.25, 0.3) is 5.91 Å². The lowest BCUT2D eigenvalue weighted by Crippen LogP contribution is -2.33. The molecule has 1 fully saturated rings. The summed E-state index contributed by atoms with van der Waals surface area (Å²) in [4.78, 5) is 26.0. The van der Waals surface area contributed by atoms with Crippen molar-refractivity contribution in [1.29, 1.82) is 0 Å². The number of hydrogen-bond donors (Lipinski definition) is 2. The number of amides is 3. The molecule has 2 aromatic carbocycles. The molecular formula is C20H22FN3O2. The molecule has 1 saturated heterocycles. The Kier molecular flexibility index (Phi) is 5.21. The predicted molar refractivity (Wildman–Crippen MR) is 98.9 cm³/mol. The number of halogens is 1. The highest BCUT2D eigenvalue weighted by Gasteiger charge is 2.27. The third kappa shape index (κ3) is 3.85. The van der Waals surface area contributed by atoms with Crippen molar-refractivity contribution in [1.82, 2.24) is 10.2 Å². The maximum atomic E-state index is 13.1. The van der Waals surface area contributed by atoms with Gasteiger partial charge in [0.2, 0.25) is 0 Å². The van der Waals surface area contributed by atoms with E-state index in [1.54, 1.807) is 42.3 Å². The summed E-state index contributed by atoms with van der Waals surface area (Å²) in [5.41, 5.74) is 3.12. The van der Waals surface area contributed by atoms with E-state index in [-0.39, 0.29) is 23.7 Å². The summed E-state index contributed by atoms with van der Waals surface area (Å²) in [7, 11) is 1.58. The van der Waals surface area contributed by atoms with Gasteiger partial charge in [-0.1, -0.05) is 12.1 Å². The Hall–Kier alpha value is -2.89. The molecule has 1 unspecified atom stereocenters. The maximum absolute atomic E-state index is 13.1. The van der Waals surface area contributed by atoms with E-state index in [1.807, 2.05) is 6.92 Å². The maximum Gasteiger partial charge on any atom is 0.321 e. The van der Waals surface area contributed by atoms with E-state index in [0.29, 0.717) is 24.3 Å². The molecule has 26 heavy (non-hydrogen) atoms. The summed E-state index contributed by atoms with van der Waals surface area (Å²) in [5.74, 6) is -0.192. The summed E-state index contributed by atoms with van der Waals surface area (Å²) in [5, 5.41) is 5.49. The number of anilines is 1. The molecule has 6 heteroatoms. The van der Waals surface area contributed by atoms with Crippen LogP contribution in [0.2, 0.25) is 0 Å². The molecule has 1 aliphatic rings. The molecular weight excluding hydrogens is 333 g/mol. The fraction of sp³-hybridized carbons (Fsp3) is 0.300. The van der Waals surface area contributed by atoms with Gasteiger partial charge in [0.05, 0.1) is 0 Å². The lowest BCUT2D eigenvalue weighted by molar-refractivity contribution is 0.0963. The number of carbonyl (C=O) groups excluding carboxylic acids is 2. The van der Waals surface area contributed by atoms with Crippen LogP contribution in [0.3, 0.4) is 0 Å². The summed E-state index contributed by atoms with van der Waals surface area (Å²) in [6.07, 6.45) is 0.855. The van der Waals surface area contributed by atoms with Crippen LogP contribution in [0.5, 0.6) is 0 Å². The van der Waals surface area contributed by atoms with E-state index in [2.05, 4.69) is 10.6 Å². The minimum Gasteiger partial charge on any atom is -0.355 e. The topological polar surface area (TPSA) is 61.4 Å². The van der Waals surface area contributed by atoms with Gasteiger partial charge in [-0.25, -0.2) is 9.18 Å². The molecule has 2 aromatic rings. The van der Waals surface area contributed by atoms with Crippen molar-refractivity contribution >= 4 is 17.6 Å².